The Bertz CT molecular complexity index is 621. The van der Waals surface area contributed by atoms with Crippen molar-refractivity contribution in [1.82, 2.24) is 10.6 Å². The summed E-state index contributed by atoms with van der Waals surface area (Å²) in [6.07, 6.45) is 4.11. The van der Waals surface area contributed by atoms with Gasteiger partial charge in [0.15, 0.2) is 6.61 Å². The molecule has 0 bridgehead atoms. The number of amides is 2. The number of hydrogen-bond donors (Lipinski definition) is 2. The molecule has 0 aliphatic heterocycles. The van der Waals surface area contributed by atoms with Gasteiger partial charge in [0.2, 0.25) is 0 Å². The van der Waals surface area contributed by atoms with Crippen molar-refractivity contribution in [3.8, 4) is 5.75 Å². The van der Waals surface area contributed by atoms with Crippen LogP contribution in [-0.2, 0) is 14.3 Å². The van der Waals surface area contributed by atoms with Gasteiger partial charge in [-0.15, -0.1) is 0 Å². The van der Waals surface area contributed by atoms with Crippen LogP contribution in [0.4, 0.5) is 0 Å². The SMILES string of the molecule is COc1ccc(C(=O)NCC(=O)OCC(=O)NC2CCC(C)CC2)cc1. The van der Waals surface area contributed by atoms with E-state index in [2.05, 4.69) is 17.6 Å². The molecule has 1 fully saturated rings. The molecule has 0 spiro atoms. The van der Waals surface area contributed by atoms with E-state index in [-0.39, 0.29) is 25.1 Å². The van der Waals surface area contributed by atoms with Gasteiger partial charge in [-0.05, 0) is 55.9 Å². The highest BCUT2D eigenvalue weighted by molar-refractivity contribution is 5.96. The predicted molar refractivity (Wildman–Crippen MR) is 95.8 cm³/mol. The molecule has 26 heavy (non-hydrogen) atoms. The second-order valence-corrected chi connectivity index (χ2v) is 6.60. The molecule has 1 aliphatic carbocycles. The van der Waals surface area contributed by atoms with Crippen LogP contribution in [0.2, 0.25) is 0 Å². The maximum Gasteiger partial charge on any atom is 0.325 e. The molecule has 1 aromatic carbocycles. The first-order valence-electron chi connectivity index (χ1n) is 8.85. The van der Waals surface area contributed by atoms with Crippen LogP contribution in [0.15, 0.2) is 24.3 Å². The first kappa shape index (κ1) is 19.8. The summed E-state index contributed by atoms with van der Waals surface area (Å²) in [6, 6.07) is 6.66. The molecule has 0 atom stereocenters. The fourth-order valence-electron chi connectivity index (χ4n) is 2.87. The number of carbonyl (C=O) groups is 3. The lowest BCUT2D eigenvalue weighted by Gasteiger charge is -2.26. The molecule has 7 nitrogen and oxygen atoms in total. The van der Waals surface area contributed by atoms with Crippen molar-refractivity contribution >= 4 is 17.8 Å². The predicted octanol–water partition coefficient (Wildman–Crippen LogP) is 1.66. The highest BCUT2D eigenvalue weighted by atomic mass is 16.5. The molecule has 2 rings (SSSR count). The van der Waals surface area contributed by atoms with Crippen molar-refractivity contribution in [3.63, 3.8) is 0 Å². The van der Waals surface area contributed by atoms with Gasteiger partial charge in [-0.2, -0.15) is 0 Å². The number of rotatable bonds is 7. The van der Waals surface area contributed by atoms with Gasteiger partial charge < -0.3 is 20.1 Å². The van der Waals surface area contributed by atoms with Gasteiger partial charge in [-0.1, -0.05) is 6.92 Å². The Balaban J connectivity index is 1.64. The average molecular weight is 362 g/mol. The molecule has 0 heterocycles. The van der Waals surface area contributed by atoms with Crippen molar-refractivity contribution < 1.29 is 23.9 Å². The zero-order chi connectivity index (χ0) is 18.9. The van der Waals surface area contributed by atoms with Gasteiger partial charge in [0, 0.05) is 11.6 Å². The Hall–Kier alpha value is -2.57. The minimum absolute atomic E-state index is 0.159. The zero-order valence-electron chi connectivity index (χ0n) is 15.2. The van der Waals surface area contributed by atoms with Crippen LogP contribution >= 0.6 is 0 Å². The maximum atomic E-state index is 11.9. The lowest BCUT2D eigenvalue weighted by atomic mass is 9.87. The molecule has 142 valence electrons. The Morgan fingerprint density at radius 2 is 1.73 bits per heavy atom. The lowest BCUT2D eigenvalue weighted by Crippen LogP contribution is -2.40. The molecule has 0 unspecified atom stereocenters. The van der Waals surface area contributed by atoms with Gasteiger partial charge in [-0.25, -0.2) is 0 Å². The number of benzene rings is 1. The van der Waals surface area contributed by atoms with E-state index in [1.165, 1.54) is 7.11 Å². The van der Waals surface area contributed by atoms with E-state index < -0.39 is 11.9 Å². The first-order valence-corrected chi connectivity index (χ1v) is 8.85. The molecule has 7 heteroatoms. The second kappa shape index (κ2) is 9.79. The van der Waals surface area contributed by atoms with Gasteiger partial charge in [0.25, 0.3) is 11.8 Å². The summed E-state index contributed by atoms with van der Waals surface area (Å²) in [7, 11) is 1.54. The Labute approximate surface area is 153 Å². The van der Waals surface area contributed by atoms with Crippen molar-refractivity contribution in [3.05, 3.63) is 29.8 Å². The second-order valence-electron chi connectivity index (χ2n) is 6.60. The maximum absolute atomic E-state index is 11.9. The van der Waals surface area contributed by atoms with E-state index in [0.29, 0.717) is 17.2 Å². The number of nitrogens with one attached hydrogen (secondary N) is 2. The average Bonchev–Trinajstić information content (AvgIpc) is 2.66. The van der Waals surface area contributed by atoms with Gasteiger partial charge >= 0.3 is 5.97 Å². The van der Waals surface area contributed by atoms with Gasteiger partial charge in [-0.3, -0.25) is 14.4 Å². The van der Waals surface area contributed by atoms with Crippen molar-refractivity contribution in [2.75, 3.05) is 20.3 Å². The normalized spacial score (nSPS) is 19.3. The molecule has 1 saturated carbocycles. The van der Waals surface area contributed by atoms with Crippen LogP contribution in [0.25, 0.3) is 0 Å². The molecule has 1 aromatic rings. The zero-order valence-corrected chi connectivity index (χ0v) is 15.2. The number of hydrogen-bond acceptors (Lipinski definition) is 5. The minimum atomic E-state index is -0.653. The molecule has 0 saturated heterocycles. The molecule has 2 amide bonds. The Morgan fingerprint density at radius 3 is 2.35 bits per heavy atom. The summed E-state index contributed by atoms with van der Waals surface area (Å²) in [6.45, 7) is 1.59. The van der Waals surface area contributed by atoms with Crippen LogP contribution in [0.5, 0.6) is 5.75 Å². The third kappa shape index (κ3) is 6.38. The van der Waals surface area contributed by atoms with Crippen molar-refractivity contribution in [1.29, 1.82) is 0 Å². The smallest absolute Gasteiger partial charge is 0.325 e. The summed E-state index contributed by atoms with van der Waals surface area (Å²) in [5.41, 5.74) is 0.405. The summed E-state index contributed by atoms with van der Waals surface area (Å²) < 4.78 is 9.92. The fraction of sp³-hybridized carbons (Fsp3) is 0.526. The molecular formula is C19H26N2O5. The Morgan fingerprint density at radius 1 is 1.08 bits per heavy atom. The third-order valence-electron chi connectivity index (χ3n) is 4.49. The number of methoxy groups -OCH3 is 1. The summed E-state index contributed by atoms with van der Waals surface area (Å²) >= 11 is 0. The van der Waals surface area contributed by atoms with E-state index in [1.807, 2.05) is 0 Å². The standard InChI is InChI=1S/C19H26N2O5/c1-13-3-7-15(8-4-13)21-17(22)12-26-18(23)11-20-19(24)14-5-9-16(25-2)10-6-14/h5-6,9-10,13,15H,3-4,7-8,11-12H2,1-2H3,(H,20,24)(H,21,22). The number of carbonyl (C=O) groups excluding carboxylic acids is 3. The summed E-state index contributed by atoms with van der Waals surface area (Å²) in [5.74, 6) is -0.0151. The van der Waals surface area contributed by atoms with Gasteiger partial charge in [0.1, 0.15) is 12.3 Å². The van der Waals surface area contributed by atoms with Crippen LogP contribution < -0.4 is 15.4 Å². The van der Waals surface area contributed by atoms with E-state index in [4.69, 9.17) is 9.47 Å². The highest BCUT2D eigenvalue weighted by Crippen LogP contribution is 2.23. The van der Waals surface area contributed by atoms with Crippen LogP contribution in [0, 0.1) is 5.92 Å². The van der Waals surface area contributed by atoms with Crippen LogP contribution in [0.3, 0.4) is 0 Å². The van der Waals surface area contributed by atoms with Gasteiger partial charge in [0.05, 0.1) is 7.11 Å². The van der Waals surface area contributed by atoms with Crippen LogP contribution in [0.1, 0.15) is 43.0 Å². The quantitative estimate of drug-likeness (QED) is 0.720. The third-order valence-corrected chi connectivity index (χ3v) is 4.49. The fourth-order valence-corrected chi connectivity index (χ4v) is 2.87. The highest BCUT2D eigenvalue weighted by Gasteiger charge is 2.20. The lowest BCUT2D eigenvalue weighted by molar-refractivity contribution is -0.147. The topological polar surface area (TPSA) is 93.7 Å². The van der Waals surface area contributed by atoms with E-state index in [1.54, 1.807) is 24.3 Å². The van der Waals surface area contributed by atoms with E-state index >= 15 is 0 Å². The summed E-state index contributed by atoms with van der Waals surface area (Å²) in [5, 5.41) is 5.34. The number of esters is 1. The van der Waals surface area contributed by atoms with E-state index in [9.17, 15) is 14.4 Å². The number of ether oxygens (including phenoxy) is 2. The molecule has 1 aliphatic rings. The molecular weight excluding hydrogens is 336 g/mol. The van der Waals surface area contributed by atoms with Crippen LogP contribution in [-0.4, -0.2) is 44.1 Å². The molecule has 0 aromatic heterocycles. The molecule has 2 N–H and O–H groups in total. The van der Waals surface area contributed by atoms with Crippen molar-refractivity contribution in [2.24, 2.45) is 5.92 Å². The minimum Gasteiger partial charge on any atom is -0.497 e. The molecule has 0 radical (unpaired) electrons. The Kier molecular flexibility index (Phi) is 7.44. The monoisotopic (exact) mass is 362 g/mol. The largest absolute Gasteiger partial charge is 0.497 e. The van der Waals surface area contributed by atoms with Crippen molar-refractivity contribution in [2.45, 2.75) is 38.6 Å². The van der Waals surface area contributed by atoms with E-state index in [0.717, 1.165) is 25.7 Å². The first-order chi connectivity index (χ1) is 12.5. The summed E-state index contributed by atoms with van der Waals surface area (Å²) in [4.78, 5) is 35.4.